The minimum atomic E-state index is -0.840. The Labute approximate surface area is 111 Å². The largest absolute Gasteiger partial charge is 0.385 e. The fourth-order valence-corrected chi connectivity index (χ4v) is 1.97. The summed E-state index contributed by atoms with van der Waals surface area (Å²) in [6.07, 6.45) is 2.63. The minimum absolute atomic E-state index is 0.0365. The molecule has 1 N–H and O–H groups in total. The Morgan fingerprint density at radius 1 is 0.944 bits per heavy atom. The lowest BCUT2D eigenvalue weighted by Crippen LogP contribution is -2.58. The molecule has 1 saturated carbocycles. The van der Waals surface area contributed by atoms with Crippen molar-refractivity contribution in [3.63, 3.8) is 0 Å². The van der Waals surface area contributed by atoms with E-state index in [1.165, 1.54) is 0 Å². The first kappa shape index (κ1) is 15.9. The third-order valence-electron chi connectivity index (χ3n) is 4.57. The monoisotopic (exact) mass is 260 g/mol. The Morgan fingerprint density at radius 3 is 1.39 bits per heavy atom. The highest BCUT2D eigenvalue weighted by Crippen LogP contribution is 2.48. The molecule has 1 aliphatic carbocycles. The molecule has 2 aliphatic rings. The van der Waals surface area contributed by atoms with Gasteiger partial charge in [-0.15, -0.1) is 0 Å². The van der Waals surface area contributed by atoms with Crippen molar-refractivity contribution in [2.24, 2.45) is 10.8 Å². The summed E-state index contributed by atoms with van der Waals surface area (Å²) in [4.78, 5) is 0. The van der Waals surface area contributed by atoms with Gasteiger partial charge in [0.05, 0.1) is 13.2 Å². The fourth-order valence-electron chi connectivity index (χ4n) is 1.97. The molecule has 2 nitrogen and oxygen atoms in total. The number of aliphatic hydroxyl groups is 1. The Kier molecular flexibility index (Phi) is 4.20. The van der Waals surface area contributed by atoms with Gasteiger partial charge in [-0.1, -0.05) is 41.5 Å². The zero-order valence-electron chi connectivity index (χ0n) is 12.8. The Bertz CT molecular complexity index is 248. The number of hydrogen-bond donors (Lipinski definition) is 1. The molecule has 0 aromatic carbocycles. The van der Waals surface area contributed by atoms with Crippen molar-refractivity contribution >= 4 is 0 Å². The lowest BCUT2D eigenvalue weighted by atomic mass is 9.66. The van der Waals surface area contributed by atoms with Crippen molar-refractivity contribution < 1.29 is 14.2 Å². The van der Waals surface area contributed by atoms with Crippen LogP contribution in [-0.4, -0.2) is 29.6 Å². The maximum absolute atomic E-state index is 13.4. The first-order valence-electron chi connectivity index (χ1n) is 6.90. The quantitative estimate of drug-likeness (QED) is 0.719. The molecule has 0 unspecified atom stereocenters. The first-order valence-corrected chi connectivity index (χ1v) is 6.90. The number of alkyl halides is 1. The van der Waals surface area contributed by atoms with Gasteiger partial charge in [-0.3, -0.25) is 0 Å². The summed E-state index contributed by atoms with van der Waals surface area (Å²) in [5.41, 5.74) is -1.57. The van der Waals surface area contributed by atoms with E-state index in [4.69, 9.17) is 4.74 Å². The second-order valence-corrected chi connectivity index (χ2v) is 7.84. The van der Waals surface area contributed by atoms with Gasteiger partial charge in [0.15, 0.2) is 0 Å². The maximum atomic E-state index is 13.4. The van der Waals surface area contributed by atoms with E-state index in [2.05, 4.69) is 0 Å². The van der Waals surface area contributed by atoms with Crippen molar-refractivity contribution in [1.82, 2.24) is 0 Å². The SMILES string of the molecule is CC(C)(C)C1(F)CCC1.CC(C)(C)C1(O)COC1. The molecule has 0 amide bonds. The summed E-state index contributed by atoms with van der Waals surface area (Å²) >= 11 is 0. The number of ether oxygens (including phenoxy) is 1. The summed E-state index contributed by atoms with van der Waals surface area (Å²) in [6, 6.07) is 0. The van der Waals surface area contributed by atoms with Crippen molar-refractivity contribution in [2.75, 3.05) is 13.2 Å². The van der Waals surface area contributed by atoms with E-state index in [1.54, 1.807) is 0 Å². The maximum Gasteiger partial charge on any atom is 0.116 e. The molecule has 108 valence electrons. The average Bonchev–Trinajstić information content (AvgIpc) is 2.07. The first-order chi connectivity index (χ1) is 7.91. The van der Waals surface area contributed by atoms with Gasteiger partial charge in [0.25, 0.3) is 0 Å². The topological polar surface area (TPSA) is 29.5 Å². The van der Waals surface area contributed by atoms with Crippen LogP contribution in [-0.2, 0) is 4.74 Å². The second-order valence-electron chi connectivity index (χ2n) is 7.84. The lowest BCUT2D eigenvalue weighted by molar-refractivity contribution is -0.228. The molecule has 18 heavy (non-hydrogen) atoms. The average molecular weight is 260 g/mol. The molecule has 0 atom stereocenters. The zero-order chi connectivity index (χ0) is 14.2. The molecule has 0 aromatic rings. The number of hydrogen-bond acceptors (Lipinski definition) is 2. The van der Waals surface area contributed by atoms with E-state index < -0.39 is 11.3 Å². The highest BCUT2D eigenvalue weighted by molar-refractivity contribution is 4.97. The van der Waals surface area contributed by atoms with Gasteiger partial charge < -0.3 is 9.84 Å². The Hall–Kier alpha value is -0.150. The molecular formula is C15H29FO2. The van der Waals surface area contributed by atoms with Crippen molar-refractivity contribution in [3.8, 4) is 0 Å². The second kappa shape index (κ2) is 4.75. The van der Waals surface area contributed by atoms with E-state index in [-0.39, 0.29) is 10.8 Å². The van der Waals surface area contributed by atoms with Crippen LogP contribution in [0, 0.1) is 10.8 Å². The van der Waals surface area contributed by atoms with E-state index in [1.807, 2.05) is 41.5 Å². The molecule has 1 heterocycles. The van der Waals surface area contributed by atoms with Gasteiger partial charge in [0.2, 0.25) is 0 Å². The van der Waals surface area contributed by atoms with E-state index in [9.17, 15) is 9.50 Å². The third-order valence-corrected chi connectivity index (χ3v) is 4.57. The molecule has 2 rings (SSSR count). The summed E-state index contributed by atoms with van der Waals surface area (Å²) < 4.78 is 18.3. The molecular weight excluding hydrogens is 231 g/mol. The van der Waals surface area contributed by atoms with E-state index >= 15 is 0 Å². The number of halogens is 1. The smallest absolute Gasteiger partial charge is 0.116 e. The van der Waals surface area contributed by atoms with Crippen molar-refractivity contribution in [2.45, 2.75) is 72.1 Å². The molecule has 3 heteroatoms. The van der Waals surface area contributed by atoms with Crippen LogP contribution >= 0.6 is 0 Å². The van der Waals surface area contributed by atoms with Crippen LogP contribution in [0.3, 0.4) is 0 Å². The van der Waals surface area contributed by atoms with Gasteiger partial charge in [-0.2, -0.15) is 0 Å². The summed E-state index contributed by atoms with van der Waals surface area (Å²) in [7, 11) is 0. The van der Waals surface area contributed by atoms with E-state index in [0.29, 0.717) is 13.2 Å². The van der Waals surface area contributed by atoms with Gasteiger partial charge in [0, 0.05) is 0 Å². The predicted octanol–water partition coefficient (Wildman–Crippen LogP) is 3.72. The number of rotatable bonds is 0. The van der Waals surface area contributed by atoms with Crippen molar-refractivity contribution in [3.05, 3.63) is 0 Å². The van der Waals surface area contributed by atoms with Crippen LogP contribution in [0.5, 0.6) is 0 Å². The van der Waals surface area contributed by atoms with Crippen LogP contribution in [0.4, 0.5) is 4.39 Å². The zero-order valence-corrected chi connectivity index (χ0v) is 12.8. The van der Waals surface area contributed by atoms with Gasteiger partial charge in [-0.25, -0.2) is 4.39 Å². The minimum Gasteiger partial charge on any atom is -0.385 e. The molecule has 1 saturated heterocycles. The lowest BCUT2D eigenvalue weighted by Gasteiger charge is -2.46. The van der Waals surface area contributed by atoms with Gasteiger partial charge >= 0.3 is 0 Å². The Morgan fingerprint density at radius 2 is 1.39 bits per heavy atom. The van der Waals surface area contributed by atoms with Crippen LogP contribution in [0.25, 0.3) is 0 Å². The van der Waals surface area contributed by atoms with Gasteiger partial charge in [-0.05, 0) is 30.1 Å². The highest BCUT2D eigenvalue weighted by Gasteiger charge is 2.47. The van der Waals surface area contributed by atoms with Crippen LogP contribution in [0.2, 0.25) is 0 Å². The molecule has 1 aliphatic heterocycles. The summed E-state index contributed by atoms with van der Waals surface area (Å²) in [5, 5.41) is 9.62. The highest BCUT2D eigenvalue weighted by atomic mass is 19.1. The summed E-state index contributed by atoms with van der Waals surface area (Å²) in [5.74, 6) is 0. The fraction of sp³-hybridized carbons (Fsp3) is 1.00. The molecule has 0 spiro atoms. The predicted molar refractivity (Wildman–Crippen MR) is 72.4 cm³/mol. The molecule has 0 bridgehead atoms. The van der Waals surface area contributed by atoms with Crippen LogP contribution < -0.4 is 0 Å². The molecule has 2 fully saturated rings. The molecule has 0 radical (unpaired) electrons. The van der Waals surface area contributed by atoms with Crippen LogP contribution in [0.15, 0.2) is 0 Å². The van der Waals surface area contributed by atoms with Crippen LogP contribution in [0.1, 0.15) is 60.8 Å². The van der Waals surface area contributed by atoms with Crippen molar-refractivity contribution in [1.29, 1.82) is 0 Å². The third kappa shape index (κ3) is 3.05. The summed E-state index contributed by atoms with van der Waals surface area (Å²) in [6.45, 7) is 13.0. The van der Waals surface area contributed by atoms with Gasteiger partial charge in [0.1, 0.15) is 11.3 Å². The van der Waals surface area contributed by atoms with E-state index in [0.717, 1.165) is 19.3 Å². The molecule has 0 aromatic heterocycles. The Balaban J connectivity index is 0.000000180. The normalized spacial score (nSPS) is 25.3. The standard InChI is InChI=1S/C8H15F.C7H14O2/c1-7(2,3)8(9)5-4-6-8;1-6(2,3)7(8)4-9-5-7/h4-6H2,1-3H3;8H,4-5H2,1-3H3.